The fourth-order valence-corrected chi connectivity index (χ4v) is 6.72. The Kier molecular flexibility index (Phi) is 7.60. The van der Waals surface area contributed by atoms with Crippen molar-refractivity contribution in [3.8, 4) is 11.1 Å². The van der Waals surface area contributed by atoms with Crippen LogP contribution in [0.1, 0.15) is 60.8 Å². The minimum absolute atomic E-state index is 0.0765. The molecule has 39 heavy (non-hydrogen) atoms. The number of hydrogen-bond donors (Lipinski definition) is 2. The van der Waals surface area contributed by atoms with Crippen molar-refractivity contribution >= 4 is 5.91 Å². The van der Waals surface area contributed by atoms with Crippen molar-refractivity contribution in [2.75, 3.05) is 19.6 Å². The summed E-state index contributed by atoms with van der Waals surface area (Å²) < 4.78 is 2.14. The van der Waals surface area contributed by atoms with E-state index in [-0.39, 0.29) is 23.8 Å². The first-order valence-corrected chi connectivity index (χ1v) is 14.5. The van der Waals surface area contributed by atoms with Gasteiger partial charge in [0.15, 0.2) is 6.54 Å². The Morgan fingerprint density at radius 1 is 0.923 bits per heavy atom. The van der Waals surface area contributed by atoms with Crippen LogP contribution in [-0.2, 0) is 11.3 Å². The van der Waals surface area contributed by atoms with Crippen LogP contribution in [0.4, 0.5) is 0 Å². The minimum Gasteiger partial charge on any atom is -0.335 e. The van der Waals surface area contributed by atoms with Gasteiger partial charge in [-0.25, -0.2) is 0 Å². The Morgan fingerprint density at radius 2 is 1.64 bits per heavy atom. The molecule has 0 spiro atoms. The second-order valence-electron chi connectivity index (χ2n) is 11.1. The van der Waals surface area contributed by atoms with Crippen LogP contribution in [-0.4, -0.2) is 35.5 Å². The number of aryl methyl sites for hydroxylation is 1. The Hall–Kier alpha value is -3.70. The fourth-order valence-electron chi connectivity index (χ4n) is 6.72. The van der Waals surface area contributed by atoms with Gasteiger partial charge in [0.2, 0.25) is 12.1 Å². The molecule has 4 aromatic rings. The number of likely N-dealkylation sites (tertiary alicyclic amines) is 1. The van der Waals surface area contributed by atoms with E-state index in [1.807, 2.05) is 0 Å². The highest BCUT2D eigenvalue weighted by atomic mass is 16.2. The molecular formula is C34H39N4O+. The zero-order chi connectivity index (χ0) is 26.6. The molecule has 3 heterocycles. The number of rotatable bonds is 7. The molecule has 2 N–H and O–H groups in total. The summed E-state index contributed by atoms with van der Waals surface area (Å²) in [5, 5.41) is 6.95. The van der Waals surface area contributed by atoms with Crippen LogP contribution in [0, 0.1) is 5.92 Å². The van der Waals surface area contributed by atoms with Gasteiger partial charge in [-0.15, -0.1) is 4.68 Å². The van der Waals surface area contributed by atoms with Gasteiger partial charge < -0.3 is 10.2 Å². The quantitative estimate of drug-likeness (QED) is 0.302. The average molecular weight is 520 g/mol. The Labute approximate surface area is 231 Å². The largest absolute Gasteiger partial charge is 0.335 e. The lowest BCUT2D eigenvalue weighted by Crippen LogP contribution is -2.45. The third-order valence-corrected chi connectivity index (χ3v) is 8.69. The molecule has 2 aliphatic rings. The molecule has 0 saturated carbocycles. The number of aromatic nitrogens is 2. The molecule has 4 atom stereocenters. The summed E-state index contributed by atoms with van der Waals surface area (Å²) in [4.78, 5) is 16.6. The van der Waals surface area contributed by atoms with E-state index >= 15 is 0 Å². The zero-order valence-corrected chi connectivity index (χ0v) is 22.8. The number of aromatic amines is 1. The number of carbonyl (C=O) groups is 1. The molecule has 0 bridgehead atoms. The average Bonchev–Trinajstić information content (AvgIpc) is 3.68. The van der Waals surface area contributed by atoms with Gasteiger partial charge in [0.1, 0.15) is 0 Å². The third kappa shape index (κ3) is 5.28. The fraction of sp³-hybridized carbons (Fsp3) is 0.353. The highest BCUT2D eigenvalue weighted by Gasteiger charge is 2.41. The summed E-state index contributed by atoms with van der Waals surface area (Å²) in [7, 11) is 0. The summed E-state index contributed by atoms with van der Waals surface area (Å²) >= 11 is 0. The van der Waals surface area contributed by atoms with Crippen LogP contribution < -0.4 is 10.00 Å². The first kappa shape index (κ1) is 25.6. The molecule has 0 aliphatic carbocycles. The SMILES string of the molecule is CCC[n+]1cc(-c2ccccc2[C@@H]2CNC[C@H]2C(=O)N2CC[C@H](c3ccccc3)C[C@@H]2c2ccccc2)c[nH]1. The van der Waals surface area contributed by atoms with Crippen LogP contribution in [0.25, 0.3) is 11.1 Å². The number of carbonyl (C=O) groups excluding carboxylic acids is 1. The first-order chi connectivity index (χ1) is 19.2. The molecule has 0 unspecified atom stereocenters. The first-order valence-electron chi connectivity index (χ1n) is 14.5. The predicted octanol–water partition coefficient (Wildman–Crippen LogP) is 5.83. The molecule has 2 saturated heterocycles. The molecule has 5 heteroatoms. The molecular weight excluding hydrogens is 480 g/mol. The molecule has 1 amide bonds. The molecule has 1 aromatic heterocycles. The molecule has 0 radical (unpaired) electrons. The number of piperidine rings is 1. The number of nitrogens with one attached hydrogen (secondary N) is 2. The standard InChI is InChI=1S/C34H38N4O/c1-2-18-37-24-28(21-36-37)29-15-9-10-16-30(29)31-22-35-23-32(31)34(39)38-19-17-27(25-11-5-3-6-12-25)20-33(38)26-13-7-4-8-14-26/h3-16,21,24,27,31-33,35H,2,17-20,22-23H2,1H3/p+1/t27-,31-,32+,33+/m0/s1. The maximum absolute atomic E-state index is 14.4. The van der Waals surface area contributed by atoms with Crippen LogP contribution >= 0.6 is 0 Å². The number of nitrogens with zero attached hydrogens (tertiary/aromatic N) is 2. The molecule has 2 fully saturated rings. The number of hydrogen-bond acceptors (Lipinski definition) is 2. The molecule has 6 rings (SSSR count). The van der Waals surface area contributed by atoms with E-state index in [0.717, 1.165) is 45.4 Å². The molecule has 2 aliphatic heterocycles. The monoisotopic (exact) mass is 519 g/mol. The van der Waals surface area contributed by atoms with Gasteiger partial charge in [-0.1, -0.05) is 91.9 Å². The van der Waals surface area contributed by atoms with Gasteiger partial charge in [-0.05, 0) is 41.0 Å². The second-order valence-corrected chi connectivity index (χ2v) is 11.1. The van der Waals surface area contributed by atoms with E-state index in [0.29, 0.717) is 5.92 Å². The van der Waals surface area contributed by atoms with E-state index in [2.05, 4.69) is 124 Å². The second kappa shape index (κ2) is 11.6. The summed E-state index contributed by atoms with van der Waals surface area (Å²) in [5.41, 5.74) is 6.29. The molecule has 5 nitrogen and oxygen atoms in total. The van der Waals surface area contributed by atoms with Crippen molar-refractivity contribution in [3.63, 3.8) is 0 Å². The maximum Gasteiger partial charge on any atom is 0.228 e. The minimum atomic E-state index is -0.0765. The van der Waals surface area contributed by atoms with Crippen molar-refractivity contribution in [1.29, 1.82) is 0 Å². The summed E-state index contributed by atoms with van der Waals surface area (Å²) in [6, 6.07) is 30.2. The van der Waals surface area contributed by atoms with Crippen LogP contribution in [0.2, 0.25) is 0 Å². The van der Waals surface area contributed by atoms with Crippen molar-refractivity contribution in [2.24, 2.45) is 5.92 Å². The van der Waals surface area contributed by atoms with Crippen LogP contribution in [0.3, 0.4) is 0 Å². The lowest BCUT2D eigenvalue weighted by Gasteiger charge is -2.42. The van der Waals surface area contributed by atoms with Crippen molar-refractivity contribution in [2.45, 2.75) is 50.6 Å². The lowest BCUT2D eigenvalue weighted by molar-refractivity contribution is -0.749. The van der Waals surface area contributed by atoms with Gasteiger partial charge >= 0.3 is 0 Å². The van der Waals surface area contributed by atoms with E-state index < -0.39 is 0 Å². The molecule has 200 valence electrons. The number of amides is 1. The topological polar surface area (TPSA) is 52.0 Å². The summed E-state index contributed by atoms with van der Waals surface area (Å²) in [6.07, 6.45) is 7.33. The Bertz CT molecular complexity index is 1380. The smallest absolute Gasteiger partial charge is 0.228 e. The van der Waals surface area contributed by atoms with Gasteiger partial charge in [0.05, 0.1) is 23.7 Å². The van der Waals surface area contributed by atoms with E-state index in [9.17, 15) is 4.79 Å². The van der Waals surface area contributed by atoms with Crippen LogP contribution in [0.5, 0.6) is 0 Å². The lowest BCUT2D eigenvalue weighted by atomic mass is 9.80. The number of benzene rings is 3. The van der Waals surface area contributed by atoms with Gasteiger partial charge in [-0.3, -0.25) is 4.79 Å². The Morgan fingerprint density at radius 3 is 2.41 bits per heavy atom. The van der Waals surface area contributed by atoms with Gasteiger partial charge in [-0.2, -0.15) is 5.10 Å². The maximum atomic E-state index is 14.4. The van der Waals surface area contributed by atoms with Crippen LogP contribution in [0.15, 0.2) is 97.3 Å². The number of H-pyrrole nitrogens is 1. The van der Waals surface area contributed by atoms with Gasteiger partial charge in [0.25, 0.3) is 0 Å². The van der Waals surface area contributed by atoms with Gasteiger partial charge in [0, 0.05) is 32.0 Å². The highest BCUT2D eigenvalue weighted by Crippen LogP contribution is 2.42. The normalized spacial score (nSPS) is 23.2. The predicted molar refractivity (Wildman–Crippen MR) is 155 cm³/mol. The van der Waals surface area contributed by atoms with Crippen molar-refractivity contribution in [1.82, 2.24) is 15.3 Å². The summed E-state index contributed by atoms with van der Waals surface area (Å²) in [5.74, 6) is 0.816. The van der Waals surface area contributed by atoms with E-state index in [1.165, 1.54) is 27.8 Å². The van der Waals surface area contributed by atoms with Crippen molar-refractivity contribution < 1.29 is 9.48 Å². The summed E-state index contributed by atoms with van der Waals surface area (Å²) in [6.45, 7) is 5.49. The Balaban J connectivity index is 1.29. The van der Waals surface area contributed by atoms with Crippen molar-refractivity contribution in [3.05, 3.63) is 114 Å². The zero-order valence-electron chi connectivity index (χ0n) is 22.8. The highest BCUT2D eigenvalue weighted by molar-refractivity contribution is 5.82. The van der Waals surface area contributed by atoms with E-state index in [4.69, 9.17) is 0 Å². The third-order valence-electron chi connectivity index (χ3n) is 8.69. The van der Waals surface area contributed by atoms with E-state index in [1.54, 1.807) is 0 Å². The molecule has 3 aromatic carbocycles.